The molecule has 33 heavy (non-hydrogen) atoms. The van der Waals surface area contributed by atoms with Crippen LogP contribution in [0.2, 0.25) is 0 Å². The van der Waals surface area contributed by atoms with E-state index in [-0.39, 0.29) is 24.2 Å². The van der Waals surface area contributed by atoms with Gasteiger partial charge in [0.1, 0.15) is 5.58 Å². The molecule has 0 radical (unpaired) electrons. The Morgan fingerprint density at radius 1 is 1.03 bits per heavy atom. The maximum absolute atomic E-state index is 13.0. The summed E-state index contributed by atoms with van der Waals surface area (Å²) in [5.41, 5.74) is 9.00. The highest BCUT2D eigenvalue weighted by Crippen LogP contribution is 2.30. The Bertz CT molecular complexity index is 1330. The molecule has 1 atom stereocenters. The molecule has 1 aliphatic rings. The molecule has 1 saturated heterocycles. The minimum absolute atomic E-state index is 0.0910. The second kappa shape index (κ2) is 9.08. The van der Waals surface area contributed by atoms with Crippen LogP contribution in [0.5, 0.6) is 0 Å². The molecule has 0 bridgehead atoms. The molecule has 4 aromatic rings. The third-order valence-electron chi connectivity index (χ3n) is 6.48. The summed E-state index contributed by atoms with van der Waals surface area (Å²) < 4.78 is 5.74. The molecule has 1 unspecified atom stereocenters. The normalized spacial score (nSPS) is 16.8. The van der Waals surface area contributed by atoms with Crippen LogP contribution < -0.4 is 11.1 Å². The van der Waals surface area contributed by atoms with E-state index in [9.17, 15) is 9.59 Å². The first kappa shape index (κ1) is 21.2. The van der Waals surface area contributed by atoms with Gasteiger partial charge in [0.25, 0.3) is 0 Å². The highest BCUT2D eigenvalue weighted by Gasteiger charge is 2.24. The van der Waals surface area contributed by atoms with Crippen LogP contribution in [0.25, 0.3) is 21.7 Å². The molecular weight excluding hydrogens is 414 g/mol. The number of hydrogen-bond acceptors (Lipinski definition) is 4. The Morgan fingerprint density at radius 3 is 2.73 bits per heavy atom. The lowest BCUT2D eigenvalue weighted by molar-refractivity contribution is -0.123. The van der Waals surface area contributed by atoms with Crippen molar-refractivity contribution in [3.63, 3.8) is 0 Å². The number of amides is 2. The maximum Gasteiger partial charge on any atom is 0.228 e. The number of hydrogen-bond donors (Lipinski definition) is 2. The number of anilines is 1. The first-order valence-corrected chi connectivity index (χ1v) is 11.4. The third kappa shape index (κ3) is 4.47. The number of para-hydroxylation sites is 1. The lowest BCUT2D eigenvalue weighted by Crippen LogP contribution is -2.40. The lowest BCUT2D eigenvalue weighted by Gasteiger charge is -2.31. The van der Waals surface area contributed by atoms with Crippen molar-refractivity contribution >= 4 is 39.2 Å². The second-order valence-electron chi connectivity index (χ2n) is 8.78. The quantitative estimate of drug-likeness (QED) is 0.462. The molecule has 1 fully saturated rings. The summed E-state index contributed by atoms with van der Waals surface area (Å²) in [5.74, 6) is -0.433. The van der Waals surface area contributed by atoms with E-state index in [2.05, 4.69) is 22.3 Å². The molecule has 2 amide bonds. The van der Waals surface area contributed by atoms with Gasteiger partial charge in [0.15, 0.2) is 0 Å². The number of nitrogens with zero attached hydrogens (tertiary/aromatic N) is 1. The van der Waals surface area contributed by atoms with Gasteiger partial charge in [0.05, 0.1) is 18.6 Å². The van der Waals surface area contributed by atoms with E-state index in [0.29, 0.717) is 13.1 Å². The van der Waals surface area contributed by atoms with Crippen LogP contribution in [0.15, 0.2) is 71.3 Å². The third-order valence-corrected chi connectivity index (χ3v) is 6.48. The van der Waals surface area contributed by atoms with Crippen LogP contribution in [0.3, 0.4) is 0 Å². The molecule has 3 N–H and O–H groups in total. The number of nitrogens with two attached hydrogens (primary N) is 1. The Kier molecular flexibility index (Phi) is 5.84. The molecule has 6 nitrogen and oxygen atoms in total. The van der Waals surface area contributed by atoms with Crippen LogP contribution in [0.4, 0.5) is 5.69 Å². The van der Waals surface area contributed by atoms with Gasteiger partial charge in [0.2, 0.25) is 11.8 Å². The van der Waals surface area contributed by atoms with Gasteiger partial charge in [-0.2, -0.15) is 0 Å². The van der Waals surface area contributed by atoms with Gasteiger partial charge >= 0.3 is 0 Å². The van der Waals surface area contributed by atoms with Gasteiger partial charge in [-0.25, -0.2) is 0 Å². The Morgan fingerprint density at radius 2 is 1.85 bits per heavy atom. The predicted octanol–water partition coefficient (Wildman–Crippen LogP) is 4.46. The zero-order chi connectivity index (χ0) is 22.8. The van der Waals surface area contributed by atoms with Crippen molar-refractivity contribution in [1.82, 2.24) is 4.90 Å². The Hall–Kier alpha value is -3.64. The highest BCUT2D eigenvalue weighted by molar-refractivity contribution is 6.09. The molecule has 1 aromatic heterocycles. The number of primary amides is 1. The van der Waals surface area contributed by atoms with Gasteiger partial charge < -0.3 is 15.5 Å². The summed E-state index contributed by atoms with van der Waals surface area (Å²) in [6, 6.07) is 19.9. The zero-order valence-electron chi connectivity index (χ0n) is 18.4. The van der Waals surface area contributed by atoms with Gasteiger partial charge in [-0.3, -0.25) is 14.5 Å². The van der Waals surface area contributed by atoms with E-state index >= 15 is 0 Å². The number of carbonyl (C=O) groups excluding carboxylic acids is 2. The highest BCUT2D eigenvalue weighted by atomic mass is 16.3. The van der Waals surface area contributed by atoms with Crippen molar-refractivity contribution in [2.45, 2.75) is 25.8 Å². The van der Waals surface area contributed by atoms with E-state index in [0.717, 1.165) is 57.9 Å². The molecule has 2 heterocycles. The smallest absolute Gasteiger partial charge is 0.228 e. The number of likely N-dealkylation sites (tertiary alicyclic amines) is 1. The molecule has 0 saturated carbocycles. The van der Waals surface area contributed by atoms with Gasteiger partial charge in [-0.05, 0) is 47.9 Å². The minimum Gasteiger partial charge on any atom is -0.464 e. The van der Waals surface area contributed by atoms with Gasteiger partial charge in [0, 0.05) is 29.7 Å². The van der Waals surface area contributed by atoms with E-state index in [1.807, 2.05) is 48.5 Å². The second-order valence-corrected chi connectivity index (χ2v) is 8.78. The lowest BCUT2D eigenvalue weighted by atomic mass is 9.97. The summed E-state index contributed by atoms with van der Waals surface area (Å²) in [6.45, 7) is 2.24. The molecular formula is C27H27N3O3. The van der Waals surface area contributed by atoms with Crippen LogP contribution in [0.1, 0.15) is 24.0 Å². The van der Waals surface area contributed by atoms with Crippen LogP contribution in [-0.2, 0) is 22.6 Å². The van der Waals surface area contributed by atoms with E-state index in [1.165, 1.54) is 0 Å². The Balaban J connectivity index is 1.33. The minimum atomic E-state index is -0.235. The van der Waals surface area contributed by atoms with Crippen molar-refractivity contribution in [3.05, 3.63) is 78.1 Å². The Labute approximate surface area is 192 Å². The summed E-state index contributed by atoms with van der Waals surface area (Å²) in [7, 11) is 0. The van der Waals surface area contributed by atoms with E-state index in [4.69, 9.17) is 10.2 Å². The SMILES string of the molecule is NC(=O)C1CCCN(Cc2ccccc2NC(=O)Cc2coc3ccc4ccccc4c23)C1. The number of piperidine rings is 1. The number of carbonyl (C=O) groups is 2. The van der Waals surface area contributed by atoms with Crippen molar-refractivity contribution in [3.8, 4) is 0 Å². The largest absolute Gasteiger partial charge is 0.464 e. The molecule has 1 aliphatic heterocycles. The standard InChI is InChI=1S/C27H27N3O3/c28-27(32)20-8-5-13-30(16-20)15-19-7-2-4-10-23(19)29-25(31)14-21-17-33-24-12-11-18-6-1-3-9-22(18)26(21)24/h1-4,6-7,9-12,17,20H,5,8,13-16H2,(H2,28,32)(H,29,31). The number of rotatable bonds is 6. The average Bonchev–Trinajstić information content (AvgIpc) is 3.23. The summed E-state index contributed by atoms with van der Waals surface area (Å²) in [5, 5.41) is 6.28. The first-order valence-electron chi connectivity index (χ1n) is 11.4. The van der Waals surface area contributed by atoms with Crippen molar-refractivity contribution in [2.24, 2.45) is 11.7 Å². The van der Waals surface area contributed by atoms with Crippen LogP contribution in [-0.4, -0.2) is 29.8 Å². The monoisotopic (exact) mass is 441 g/mol. The fourth-order valence-electron chi connectivity index (χ4n) is 4.82. The van der Waals surface area contributed by atoms with Crippen LogP contribution in [0, 0.1) is 5.92 Å². The number of nitrogens with one attached hydrogen (secondary N) is 1. The molecule has 3 aromatic carbocycles. The topological polar surface area (TPSA) is 88.6 Å². The van der Waals surface area contributed by atoms with Gasteiger partial charge in [-0.1, -0.05) is 48.5 Å². The molecule has 6 heteroatoms. The molecule has 5 rings (SSSR count). The van der Waals surface area contributed by atoms with Crippen molar-refractivity contribution in [1.29, 1.82) is 0 Å². The maximum atomic E-state index is 13.0. The van der Waals surface area contributed by atoms with E-state index in [1.54, 1.807) is 6.26 Å². The zero-order valence-corrected chi connectivity index (χ0v) is 18.4. The molecule has 0 aliphatic carbocycles. The number of fused-ring (bicyclic) bond motifs is 3. The molecule has 168 valence electrons. The van der Waals surface area contributed by atoms with E-state index < -0.39 is 0 Å². The number of benzene rings is 3. The summed E-state index contributed by atoms with van der Waals surface area (Å²) >= 11 is 0. The first-order chi connectivity index (χ1) is 16.1. The van der Waals surface area contributed by atoms with Crippen molar-refractivity contribution in [2.75, 3.05) is 18.4 Å². The fraction of sp³-hybridized carbons (Fsp3) is 0.259. The summed E-state index contributed by atoms with van der Waals surface area (Å²) in [6.07, 6.45) is 3.70. The van der Waals surface area contributed by atoms with Crippen LogP contribution >= 0.6 is 0 Å². The summed E-state index contributed by atoms with van der Waals surface area (Å²) in [4.78, 5) is 26.9. The van der Waals surface area contributed by atoms with Gasteiger partial charge in [-0.15, -0.1) is 0 Å². The molecule has 0 spiro atoms. The van der Waals surface area contributed by atoms with Crippen molar-refractivity contribution < 1.29 is 14.0 Å². The average molecular weight is 442 g/mol. The number of furan rings is 1. The fourth-order valence-corrected chi connectivity index (χ4v) is 4.82. The predicted molar refractivity (Wildman–Crippen MR) is 130 cm³/mol.